The monoisotopic (exact) mass is 177 g/mol. The summed E-state index contributed by atoms with van der Waals surface area (Å²) in [6.07, 6.45) is 1.84. The Kier molecular flexibility index (Phi) is 2.45. The first-order valence-corrected chi connectivity index (χ1v) is 4.69. The lowest BCUT2D eigenvalue weighted by atomic mass is 10.0. The second-order valence-electron chi connectivity index (χ2n) is 3.59. The second kappa shape index (κ2) is 3.75. The van der Waals surface area contributed by atoms with Gasteiger partial charge in [0.2, 0.25) is 0 Å². The SMILES string of the molecule is CN(CC1CNC1)c1ccccn1. The van der Waals surface area contributed by atoms with Crippen LogP contribution in [-0.4, -0.2) is 31.7 Å². The highest BCUT2D eigenvalue weighted by atomic mass is 15.2. The highest BCUT2D eigenvalue weighted by molar-refractivity contribution is 5.36. The van der Waals surface area contributed by atoms with E-state index in [1.54, 1.807) is 0 Å². The van der Waals surface area contributed by atoms with Crippen molar-refractivity contribution in [1.29, 1.82) is 0 Å². The van der Waals surface area contributed by atoms with E-state index in [9.17, 15) is 0 Å². The normalized spacial score (nSPS) is 16.7. The third kappa shape index (κ3) is 1.98. The molecule has 1 aromatic heterocycles. The van der Waals surface area contributed by atoms with Gasteiger partial charge in [-0.2, -0.15) is 0 Å². The molecule has 3 heteroatoms. The smallest absolute Gasteiger partial charge is 0.128 e. The number of hydrogen-bond acceptors (Lipinski definition) is 3. The number of aromatic nitrogens is 1. The lowest BCUT2D eigenvalue weighted by Crippen LogP contribution is -2.47. The van der Waals surface area contributed by atoms with Gasteiger partial charge in [-0.25, -0.2) is 4.98 Å². The predicted octanol–water partition coefficient (Wildman–Crippen LogP) is 0.737. The Balaban J connectivity index is 1.92. The van der Waals surface area contributed by atoms with Crippen molar-refractivity contribution in [2.75, 3.05) is 31.6 Å². The molecule has 0 atom stereocenters. The van der Waals surface area contributed by atoms with Crippen LogP contribution in [0.4, 0.5) is 5.82 Å². The van der Waals surface area contributed by atoms with E-state index < -0.39 is 0 Å². The summed E-state index contributed by atoms with van der Waals surface area (Å²) < 4.78 is 0. The van der Waals surface area contributed by atoms with E-state index in [0.29, 0.717) is 0 Å². The molecule has 0 bridgehead atoms. The number of anilines is 1. The third-order valence-corrected chi connectivity index (χ3v) is 2.44. The molecule has 0 saturated carbocycles. The first-order chi connectivity index (χ1) is 6.36. The highest BCUT2D eigenvalue weighted by Gasteiger charge is 2.18. The van der Waals surface area contributed by atoms with E-state index in [-0.39, 0.29) is 0 Å². The summed E-state index contributed by atoms with van der Waals surface area (Å²) in [4.78, 5) is 6.51. The Morgan fingerprint density at radius 1 is 1.54 bits per heavy atom. The van der Waals surface area contributed by atoms with Crippen molar-refractivity contribution < 1.29 is 0 Å². The molecule has 3 nitrogen and oxygen atoms in total. The first kappa shape index (κ1) is 8.51. The number of rotatable bonds is 3. The van der Waals surface area contributed by atoms with Gasteiger partial charge in [-0.3, -0.25) is 0 Å². The van der Waals surface area contributed by atoms with Gasteiger partial charge in [0.15, 0.2) is 0 Å². The number of nitrogens with zero attached hydrogens (tertiary/aromatic N) is 2. The Morgan fingerprint density at radius 2 is 2.38 bits per heavy atom. The summed E-state index contributed by atoms with van der Waals surface area (Å²) in [5, 5.41) is 3.27. The van der Waals surface area contributed by atoms with Crippen LogP contribution in [-0.2, 0) is 0 Å². The van der Waals surface area contributed by atoms with E-state index in [2.05, 4.69) is 22.2 Å². The minimum atomic E-state index is 0.798. The van der Waals surface area contributed by atoms with Crippen molar-refractivity contribution in [1.82, 2.24) is 10.3 Å². The molecule has 0 aromatic carbocycles. The van der Waals surface area contributed by atoms with Crippen LogP contribution in [0.5, 0.6) is 0 Å². The molecule has 1 aliphatic rings. The largest absolute Gasteiger partial charge is 0.359 e. The molecule has 1 aliphatic heterocycles. The van der Waals surface area contributed by atoms with Crippen LogP contribution in [0, 0.1) is 5.92 Å². The summed E-state index contributed by atoms with van der Waals surface area (Å²) in [6, 6.07) is 6.02. The van der Waals surface area contributed by atoms with E-state index in [0.717, 1.165) is 31.4 Å². The molecule has 2 heterocycles. The summed E-state index contributed by atoms with van der Waals surface area (Å²) >= 11 is 0. The van der Waals surface area contributed by atoms with Crippen LogP contribution in [0.3, 0.4) is 0 Å². The van der Waals surface area contributed by atoms with E-state index in [4.69, 9.17) is 0 Å². The van der Waals surface area contributed by atoms with E-state index in [1.165, 1.54) is 0 Å². The third-order valence-electron chi connectivity index (χ3n) is 2.44. The fourth-order valence-electron chi connectivity index (χ4n) is 1.54. The molecule has 0 unspecified atom stereocenters. The lowest BCUT2D eigenvalue weighted by Gasteiger charge is -2.31. The van der Waals surface area contributed by atoms with E-state index >= 15 is 0 Å². The van der Waals surface area contributed by atoms with Crippen LogP contribution < -0.4 is 10.2 Å². The quantitative estimate of drug-likeness (QED) is 0.738. The van der Waals surface area contributed by atoms with Crippen molar-refractivity contribution in [3.05, 3.63) is 24.4 Å². The van der Waals surface area contributed by atoms with Crippen molar-refractivity contribution in [2.24, 2.45) is 5.92 Å². The summed E-state index contributed by atoms with van der Waals surface area (Å²) in [5.41, 5.74) is 0. The Labute approximate surface area is 78.8 Å². The first-order valence-electron chi connectivity index (χ1n) is 4.69. The Hall–Kier alpha value is -1.09. The fourth-order valence-corrected chi connectivity index (χ4v) is 1.54. The maximum atomic E-state index is 4.30. The van der Waals surface area contributed by atoms with Crippen molar-refractivity contribution in [2.45, 2.75) is 0 Å². The van der Waals surface area contributed by atoms with Gasteiger partial charge >= 0.3 is 0 Å². The molecule has 1 saturated heterocycles. The van der Waals surface area contributed by atoms with E-state index in [1.807, 2.05) is 24.4 Å². The Morgan fingerprint density at radius 3 is 2.92 bits per heavy atom. The molecule has 0 aliphatic carbocycles. The van der Waals surface area contributed by atoms with Gasteiger partial charge in [0.05, 0.1) is 0 Å². The molecular weight excluding hydrogens is 162 g/mol. The molecule has 0 radical (unpaired) electrons. The predicted molar refractivity (Wildman–Crippen MR) is 53.9 cm³/mol. The summed E-state index contributed by atoms with van der Waals surface area (Å²) in [6.45, 7) is 3.40. The minimum Gasteiger partial charge on any atom is -0.359 e. The highest BCUT2D eigenvalue weighted by Crippen LogP contribution is 2.11. The van der Waals surface area contributed by atoms with Crippen LogP contribution >= 0.6 is 0 Å². The maximum Gasteiger partial charge on any atom is 0.128 e. The van der Waals surface area contributed by atoms with Crippen LogP contribution in [0.1, 0.15) is 0 Å². The zero-order valence-corrected chi connectivity index (χ0v) is 7.90. The average molecular weight is 177 g/mol. The van der Waals surface area contributed by atoms with Crippen molar-refractivity contribution in [3.8, 4) is 0 Å². The molecule has 0 amide bonds. The standard InChI is InChI=1S/C10H15N3/c1-13(8-9-6-11-7-9)10-4-2-3-5-12-10/h2-5,9,11H,6-8H2,1H3. The topological polar surface area (TPSA) is 28.2 Å². The summed E-state index contributed by atoms with van der Waals surface area (Å²) in [5.74, 6) is 1.86. The van der Waals surface area contributed by atoms with Crippen LogP contribution in [0.2, 0.25) is 0 Å². The van der Waals surface area contributed by atoms with Gasteiger partial charge < -0.3 is 10.2 Å². The summed E-state index contributed by atoms with van der Waals surface area (Å²) in [7, 11) is 2.10. The van der Waals surface area contributed by atoms with Crippen LogP contribution in [0.15, 0.2) is 24.4 Å². The van der Waals surface area contributed by atoms with Crippen LogP contribution in [0.25, 0.3) is 0 Å². The molecule has 70 valence electrons. The van der Waals surface area contributed by atoms with Crippen molar-refractivity contribution in [3.63, 3.8) is 0 Å². The Bertz CT molecular complexity index is 256. The van der Waals surface area contributed by atoms with Gasteiger partial charge in [-0.15, -0.1) is 0 Å². The molecular formula is C10H15N3. The maximum absolute atomic E-state index is 4.30. The molecule has 2 rings (SSSR count). The molecule has 1 fully saturated rings. The molecule has 1 aromatic rings. The van der Waals surface area contributed by atoms with Gasteiger partial charge in [-0.1, -0.05) is 6.07 Å². The second-order valence-corrected chi connectivity index (χ2v) is 3.59. The van der Waals surface area contributed by atoms with Crippen molar-refractivity contribution >= 4 is 5.82 Å². The van der Waals surface area contributed by atoms with Gasteiger partial charge in [-0.05, 0) is 12.1 Å². The lowest BCUT2D eigenvalue weighted by molar-refractivity contribution is 0.352. The van der Waals surface area contributed by atoms with Gasteiger partial charge in [0, 0.05) is 38.8 Å². The minimum absolute atomic E-state index is 0.798. The zero-order chi connectivity index (χ0) is 9.10. The molecule has 13 heavy (non-hydrogen) atoms. The fraction of sp³-hybridized carbons (Fsp3) is 0.500. The zero-order valence-electron chi connectivity index (χ0n) is 7.90. The molecule has 0 spiro atoms. The number of pyridine rings is 1. The average Bonchev–Trinajstić information content (AvgIpc) is 2.12. The van der Waals surface area contributed by atoms with Gasteiger partial charge in [0.1, 0.15) is 5.82 Å². The number of nitrogens with one attached hydrogen (secondary N) is 1. The molecule has 1 N–H and O–H groups in total. The van der Waals surface area contributed by atoms with Gasteiger partial charge in [0.25, 0.3) is 0 Å². The number of hydrogen-bond donors (Lipinski definition) is 1.